The maximum atomic E-state index is 4.92. The first kappa shape index (κ1) is 13.0. The van der Waals surface area contributed by atoms with Gasteiger partial charge in [-0.05, 0) is 29.9 Å². The minimum absolute atomic E-state index is 0.968. The van der Waals surface area contributed by atoms with Gasteiger partial charge in [-0.1, -0.05) is 72.8 Å². The van der Waals surface area contributed by atoms with Gasteiger partial charge in [0.2, 0.25) is 0 Å². The van der Waals surface area contributed by atoms with Gasteiger partial charge in [-0.3, -0.25) is 4.98 Å². The lowest BCUT2D eigenvalue weighted by molar-refractivity contribution is 0.933. The van der Waals surface area contributed by atoms with Crippen LogP contribution in [0, 0.1) is 0 Å². The Kier molecular flexibility index (Phi) is 3.32. The van der Waals surface area contributed by atoms with Gasteiger partial charge in [0.25, 0.3) is 0 Å². The molecule has 0 saturated carbocycles. The Morgan fingerprint density at radius 2 is 1.18 bits per heavy atom. The molecule has 0 bridgehead atoms. The summed E-state index contributed by atoms with van der Waals surface area (Å²) in [6.45, 7) is 0. The number of aryl methyl sites for hydroxylation is 2. The van der Waals surface area contributed by atoms with Gasteiger partial charge in [0, 0.05) is 16.5 Å². The highest BCUT2D eigenvalue weighted by atomic mass is 14.7. The highest BCUT2D eigenvalue weighted by Crippen LogP contribution is 2.26. The molecule has 0 saturated heterocycles. The number of pyridine rings is 1. The van der Waals surface area contributed by atoms with Crippen molar-refractivity contribution >= 4 is 21.7 Å². The number of benzene rings is 3. The molecule has 0 spiro atoms. The Morgan fingerprint density at radius 1 is 0.545 bits per heavy atom. The van der Waals surface area contributed by atoms with E-state index in [0.717, 1.165) is 18.4 Å². The van der Waals surface area contributed by atoms with Crippen molar-refractivity contribution in [3.05, 3.63) is 90.1 Å². The molecule has 0 unspecified atom stereocenters. The number of hydrogen-bond acceptors (Lipinski definition) is 1. The predicted octanol–water partition coefficient (Wildman–Crippen LogP) is 5.17. The Balaban J connectivity index is 1.81. The summed E-state index contributed by atoms with van der Waals surface area (Å²) >= 11 is 0. The molecule has 106 valence electrons. The highest BCUT2D eigenvalue weighted by Gasteiger charge is 2.07. The van der Waals surface area contributed by atoms with E-state index >= 15 is 0 Å². The van der Waals surface area contributed by atoms with Gasteiger partial charge < -0.3 is 0 Å². The van der Waals surface area contributed by atoms with E-state index < -0.39 is 0 Å². The van der Waals surface area contributed by atoms with Crippen molar-refractivity contribution < 1.29 is 0 Å². The summed E-state index contributed by atoms with van der Waals surface area (Å²) in [6, 6.07) is 27.6. The van der Waals surface area contributed by atoms with Gasteiger partial charge in [-0.15, -0.1) is 0 Å². The van der Waals surface area contributed by atoms with E-state index in [1.807, 2.05) is 0 Å². The molecule has 0 aliphatic rings. The molecule has 0 radical (unpaired) electrons. The molecule has 0 aliphatic carbocycles. The summed E-state index contributed by atoms with van der Waals surface area (Å²) in [5, 5.41) is 3.81. The predicted molar refractivity (Wildman–Crippen MR) is 93.1 cm³/mol. The van der Waals surface area contributed by atoms with E-state index in [2.05, 4.69) is 78.9 Å². The summed E-state index contributed by atoms with van der Waals surface area (Å²) in [4.78, 5) is 4.92. The van der Waals surface area contributed by atoms with Gasteiger partial charge in [-0.2, -0.15) is 0 Å². The van der Waals surface area contributed by atoms with Crippen LogP contribution in [0.1, 0.15) is 11.3 Å². The minimum atomic E-state index is 0.968. The monoisotopic (exact) mass is 283 g/mol. The second-order valence-electron chi connectivity index (χ2n) is 5.61. The number of aromatic nitrogens is 1. The van der Waals surface area contributed by atoms with Crippen LogP contribution in [0.15, 0.2) is 78.9 Å². The quantitative estimate of drug-likeness (QED) is 0.472. The minimum Gasteiger partial charge on any atom is -0.252 e. The average Bonchev–Trinajstić information content (AvgIpc) is 2.60. The smallest absolute Gasteiger partial charge is 0.0711 e. The number of nitrogens with zero attached hydrogens (tertiary/aromatic N) is 1. The maximum Gasteiger partial charge on any atom is 0.0711 e. The van der Waals surface area contributed by atoms with Crippen molar-refractivity contribution in [1.29, 1.82) is 0 Å². The summed E-state index contributed by atoms with van der Waals surface area (Å²) in [5.74, 6) is 0. The molecule has 0 N–H and O–H groups in total. The lowest BCUT2D eigenvalue weighted by atomic mass is 10.0. The van der Waals surface area contributed by atoms with Crippen LogP contribution in [-0.2, 0) is 12.8 Å². The Hall–Kier alpha value is -2.67. The van der Waals surface area contributed by atoms with E-state index in [0.29, 0.717) is 0 Å². The van der Waals surface area contributed by atoms with E-state index in [9.17, 15) is 0 Å². The van der Waals surface area contributed by atoms with Crippen LogP contribution in [-0.4, -0.2) is 4.98 Å². The molecule has 0 fully saturated rings. The van der Waals surface area contributed by atoms with Gasteiger partial charge in [0.1, 0.15) is 0 Å². The van der Waals surface area contributed by atoms with Gasteiger partial charge >= 0.3 is 0 Å². The molecule has 4 rings (SSSR count). The normalized spacial score (nSPS) is 11.1. The van der Waals surface area contributed by atoms with Gasteiger partial charge in [-0.25, -0.2) is 0 Å². The van der Waals surface area contributed by atoms with Crippen LogP contribution in [0.4, 0.5) is 0 Å². The molecule has 0 amide bonds. The van der Waals surface area contributed by atoms with Crippen molar-refractivity contribution in [2.24, 2.45) is 0 Å². The third-order valence-electron chi connectivity index (χ3n) is 4.18. The Bertz CT molecular complexity index is 926. The van der Waals surface area contributed by atoms with E-state index in [1.165, 1.54) is 27.4 Å². The molecule has 0 aliphatic heterocycles. The van der Waals surface area contributed by atoms with Crippen molar-refractivity contribution in [2.75, 3.05) is 0 Å². The van der Waals surface area contributed by atoms with Gasteiger partial charge in [0.15, 0.2) is 0 Å². The lowest BCUT2D eigenvalue weighted by Crippen LogP contribution is -1.97. The molecule has 3 aromatic carbocycles. The third-order valence-corrected chi connectivity index (χ3v) is 4.18. The van der Waals surface area contributed by atoms with Crippen LogP contribution in [0.3, 0.4) is 0 Å². The number of rotatable bonds is 3. The third kappa shape index (κ3) is 2.35. The zero-order valence-corrected chi connectivity index (χ0v) is 12.4. The first-order valence-corrected chi connectivity index (χ1v) is 7.72. The molecule has 0 atom stereocenters. The van der Waals surface area contributed by atoms with Crippen LogP contribution >= 0.6 is 0 Å². The zero-order valence-electron chi connectivity index (χ0n) is 12.4. The number of para-hydroxylation sites is 1. The molecule has 1 nitrogen and oxygen atoms in total. The van der Waals surface area contributed by atoms with E-state index in [4.69, 9.17) is 4.98 Å². The van der Waals surface area contributed by atoms with Crippen molar-refractivity contribution in [3.8, 4) is 0 Å². The molecule has 1 aromatic heterocycles. The molecule has 1 heterocycles. The SMILES string of the molecule is c1ccc(CCc2nc3ccccc3c3ccccc23)cc1. The zero-order chi connectivity index (χ0) is 14.8. The van der Waals surface area contributed by atoms with Crippen LogP contribution in [0.25, 0.3) is 21.7 Å². The first-order valence-electron chi connectivity index (χ1n) is 7.72. The van der Waals surface area contributed by atoms with Crippen LogP contribution < -0.4 is 0 Å². The van der Waals surface area contributed by atoms with Crippen molar-refractivity contribution in [3.63, 3.8) is 0 Å². The summed E-state index contributed by atoms with van der Waals surface area (Å²) in [5.41, 5.74) is 3.64. The molecular formula is C21H17N. The molecule has 22 heavy (non-hydrogen) atoms. The van der Waals surface area contributed by atoms with Crippen molar-refractivity contribution in [1.82, 2.24) is 4.98 Å². The maximum absolute atomic E-state index is 4.92. The second kappa shape index (κ2) is 5.61. The molecule has 1 heteroatoms. The van der Waals surface area contributed by atoms with E-state index in [-0.39, 0.29) is 0 Å². The highest BCUT2D eigenvalue weighted by molar-refractivity contribution is 6.06. The standard InChI is InChI=1S/C21H17N/c1-2-8-16(9-3-1)14-15-21-19-11-5-4-10-17(19)18-12-6-7-13-20(18)22-21/h1-13H,14-15H2. The van der Waals surface area contributed by atoms with Gasteiger partial charge in [0.05, 0.1) is 5.52 Å². The molecule has 4 aromatic rings. The fourth-order valence-electron chi connectivity index (χ4n) is 3.07. The fourth-order valence-corrected chi connectivity index (χ4v) is 3.07. The van der Waals surface area contributed by atoms with E-state index in [1.54, 1.807) is 0 Å². The Morgan fingerprint density at radius 3 is 2.00 bits per heavy atom. The van der Waals surface area contributed by atoms with Crippen molar-refractivity contribution in [2.45, 2.75) is 12.8 Å². The summed E-state index contributed by atoms with van der Waals surface area (Å²) < 4.78 is 0. The fraction of sp³-hybridized carbons (Fsp3) is 0.0952. The largest absolute Gasteiger partial charge is 0.252 e. The number of fused-ring (bicyclic) bond motifs is 3. The average molecular weight is 283 g/mol. The first-order chi connectivity index (χ1) is 10.9. The summed E-state index contributed by atoms with van der Waals surface area (Å²) in [6.07, 6.45) is 1.99. The second-order valence-corrected chi connectivity index (χ2v) is 5.61. The lowest BCUT2D eigenvalue weighted by Gasteiger charge is -2.09. The summed E-state index contributed by atoms with van der Waals surface area (Å²) in [7, 11) is 0. The molecular weight excluding hydrogens is 266 g/mol. The van der Waals surface area contributed by atoms with Crippen LogP contribution in [0.2, 0.25) is 0 Å². The topological polar surface area (TPSA) is 12.9 Å². The van der Waals surface area contributed by atoms with Crippen LogP contribution in [0.5, 0.6) is 0 Å². The Labute approximate surface area is 130 Å². The number of hydrogen-bond donors (Lipinski definition) is 0.